The fourth-order valence-corrected chi connectivity index (χ4v) is 2.02. The minimum absolute atomic E-state index is 0.0822. The van der Waals surface area contributed by atoms with Gasteiger partial charge in [0.2, 0.25) is 11.8 Å². The van der Waals surface area contributed by atoms with Gasteiger partial charge in [-0.3, -0.25) is 9.59 Å². The maximum Gasteiger partial charge on any atom is 0.231 e. The number of hydrogen-bond acceptors (Lipinski definition) is 2. The molecule has 0 aromatic heterocycles. The minimum Gasteiger partial charge on any atom is -0.326 e. The van der Waals surface area contributed by atoms with Crippen molar-refractivity contribution in [2.45, 2.75) is 19.8 Å². The molecule has 0 fully saturated rings. The molecule has 0 radical (unpaired) electrons. The highest BCUT2D eigenvalue weighted by atomic mass is 16.2. The molecule has 0 aliphatic heterocycles. The van der Waals surface area contributed by atoms with Crippen molar-refractivity contribution < 1.29 is 9.59 Å². The zero-order valence-electron chi connectivity index (χ0n) is 12.1. The van der Waals surface area contributed by atoms with Crippen molar-refractivity contribution >= 4 is 23.2 Å². The molecule has 0 bridgehead atoms. The van der Waals surface area contributed by atoms with Gasteiger partial charge >= 0.3 is 0 Å². The molecule has 2 aromatic rings. The monoisotopic (exact) mass is 282 g/mol. The number of carbonyl (C=O) groups excluding carboxylic acids is 2. The Morgan fingerprint density at radius 3 is 2.14 bits per heavy atom. The SMILES string of the molecule is CC(=O)Nc1cccc(NC(=O)[C@@H](C)c2ccccc2)c1. The molecule has 0 aliphatic rings. The summed E-state index contributed by atoms with van der Waals surface area (Å²) in [6.45, 7) is 3.31. The molecule has 2 amide bonds. The predicted octanol–water partition coefficient (Wildman–Crippen LogP) is 3.39. The zero-order chi connectivity index (χ0) is 15.2. The van der Waals surface area contributed by atoms with E-state index in [-0.39, 0.29) is 17.7 Å². The highest BCUT2D eigenvalue weighted by molar-refractivity contribution is 5.96. The summed E-state index contributed by atoms with van der Waals surface area (Å²) in [4.78, 5) is 23.3. The van der Waals surface area contributed by atoms with Crippen molar-refractivity contribution in [2.24, 2.45) is 0 Å². The molecule has 21 heavy (non-hydrogen) atoms. The first-order valence-electron chi connectivity index (χ1n) is 6.79. The number of amides is 2. The van der Waals surface area contributed by atoms with E-state index in [2.05, 4.69) is 10.6 Å². The largest absolute Gasteiger partial charge is 0.326 e. The van der Waals surface area contributed by atoms with Crippen LogP contribution in [0.1, 0.15) is 25.3 Å². The Hall–Kier alpha value is -2.62. The Labute approximate surface area is 124 Å². The van der Waals surface area contributed by atoms with Crippen molar-refractivity contribution in [2.75, 3.05) is 10.6 Å². The number of nitrogens with one attached hydrogen (secondary N) is 2. The molecule has 0 heterocycles. The summed E-state index contributed by atoms with van der Waals surface area (Å²) >= 11 is 0. The third kappa shape index (κ3) is 4.18. The predicted molar refractivity (Wildman–Crippen MR) is 84.2 cm³/mol. The third-order valence-corrected chi connectivity index (χ3v) is 3.14. The van der Waals surface area contributed by atoms with Crippen LogP contribution in [0.3, 0.4) is 0 Å². The van der Waals surface area contributed by atoms with Gasteiger partial charge in [0.1, 0.15) is 0 Å². The molecule has 0 spiro atoms. The van der Waals surface area contributed by atoms with E-state index in [0.29, 0.717) is 11.4 Å². The quantitative estimate of drug-likeness (QED) is 0.903. The fourth-order valence-electron chi connectivity index (χ4n) is 2.02. The first-order chi connectivity index (χ1) is 10.1. The van der Waals surface area contributed by atoms with Gasteiger partial charge in [-0.05, 0) is 30.7 Å². The van der Waals surface area contributed by atoms with Gasteiger partial charge in [0.05, 0.1) is 5.92 Å². The standard InChI is InChI=1S/C17H18N2O2/c1-12(14-7-4-3-5-8-14)17(21)19-16-10-6-9-15(11-16)18-13(2)20/h3-12H,1-2H3,(H,18,20)(H,19,21)/t12-/m0/s1. The van der Waals surface area contributed by atoms with Crippen LogP contribution in [0.2, 0.25) is 0 Å². The topological polar surface area (TPSA) is 58.2 Å². The van der Waals surface area contributed by atoms with Crippen LogP contribution < -0.4 is 10.6 Å². The van der Waals surface area contributed by atoms with Crippen LogP contribution in [-0.2, 0) is 9.59 Å². The van der Waals surface area contributed by atoms with E-state index in [0.717, 1.165) is 5.56 Å². The second-order valence-electron chi connectivity index (χ2n) is 4.88. The van der Waals surface area contributed by atoms with E-state index < -0.39 is 0 Å². The molecule has 0 aliphatic carbocycles. The van der Waals surface area contributed by atoms with Crippen LogP contribution in [0.15, 0.2) is 54.6 Å². The lowest BCUT2D eigenvalue weighted by Crippen LogP contribution is -2.19. The highest BCUT2D eigenvalue weighted by Gasteiger charge is 2.14. The number of rotatable bonds is 4. The Morgan fingerprint density at radius 2 is 1.52 bits per heavy atom. The van der Waals surface area contributed by atoms with E-state index in [1.54, 1.807) is 24.3 Å². The highest BCUT2D eigenvalue weighted by Crippen LogP contribution is 2.19. The number of hydrogen-bond donors (Lipinski definition) is 2. The second-order valence-corrected chi connectivity index (χ2v) is 4.88. The minimum atomic E-state index is -0.240. The lowest BCUT2D eigenvalue weighted by atomic mass is 10.0. The maximum atomic E-state index is 12.2. The van der Waals surface area contributed by atoms with E-state index in [4.69, 9.17) is 0 Å². The summed E-state index contributed by atoms with van der Waals surface area (Å²) in [5.74, 6) is -0.465. The second kappa shape index (κ2) is 6.70. The van der Waals surface area contributed by atoms with Crippen LogP contribution >= 0.6 is 0 Å². The summed E-state index contributed by atoms with van der Waals surface area (Å²) < 4.78 is 0. The molecule has 0 unspecified atom stereocenters. The fraction of sp³-hybridized carbons (Fsp3) is 0.176. The van der Waals surface area contributed by atoms with Gasteiger partial charge < -0.3 is 10.6 Å². The van der Waals surface area contributed by atoms with Crippen LogP contribution in [0, 0.1) is 0 Å². The number of benzene rings is 2. The van der Waals surface area contributed by atoms with Crippen molar-refractivity contribution in [3.05, 3.63) is 60.2 Å². The van der Waals surface area contributed by atoms with Crippen molar-refractivity contribution in [3.63, 3.8) is 0 Å². The molecule has 2 aromatic carbocycles. The Bertz CT molecular complexity index is 638. The summed E-state index contributed by atoms with van der Waals surface area (Å²) in [6, 6.07) is 16.7. The smallest absolute Gasteiger partial charge is 0.231 e. The Kier molecular flexibility index (Phi) is 4.72. The van der Waals surface area contributed by atoms with E-state index in [1.165, 1.54) is 6.92 Å². The molecule has 0 saturated carbocycles. The summed E-state index contributed by atoms with van der Waals surface area (Å²) in [6.07, 6.45) is 0. The number of anilines is 2. The lowest BCUT2D eigenvalue weighted by molar-refractivity contribution is -0.117. The summed E-state index contributed by atoms with van der Waals surface area (Å²) in [7, 11) is 0. The summed E-state index contributed by atoms with van der Waals surface area (Å²) in [5, 5.41) is 5.55. The van der Waals surface area contributed by atoms with Crippen LogP contribution in [-0.4, -0.2) is 11.8 Å². The van der Waals surface area contributed by atoms with E-state index in [1.807, 2.05) is 37.3 Å². The lowest BCUT2D eigenvalue weighted by Gasteiger charge is -2.13. The van der Waals surface area contributed by atoms with Gasteiger partial charge in [0, 0.05) is 18.3 Å². The van der Waals surface area contributed by atoms with Crippen molar-refractivity contribution in [1.82, 2.24) is 0 Å². The maximum absolute atomic E-state index is 12.2. The average molecular weight is 282 g/mol. The molecule has 2 rings (SSSR count). The van der Waals surface area contributed by atoms with Crippen LogP contribution in [0.5, 0.6) is 0 Å². The molecule has 1 atom stereocenters. The van der Waals surface area contributed by atoms with Gasteiger partial charge in [-0.25, -0.2) is 0 Å². The van der Waals surface area contributed by atoms with E-state index >= 15 is 0 Å². The first-order valence-corrected chi connectivity index (χ1v) is 6.79. The van der Waals surface area contributed by atoms with Crippen LogP contribution in [0.4, 0.5) is 11.4 Å². The molecule has 4 nitrogen and oxygen atoms in total. The third-order valence-electron chi connectivity index (χ3n) is 3.14. The molecule has 4 heteroatoms. The van der Waals surface area contributed by atoms with Gasteiger partial charge in [-0.2, -0.15) is 0 Å². The van der Waals surface area contributed by atoms with Gasteiger partial charge in [-0.1, -0.05) is 36.4 Å². The Balaban J connectivity index is 2.07. The molecular weight excluding hydrogens is 264 g/mol. The normalized spacial score (nSPS) is 11.5. The molecule has 108 valence electrons. The summed E-state index contributed by atoms with van der Waals surface area (Å²) in [5.41, 5.74) is 2.29. The first kappa shape index (κ1) is 14.8. The van der Waals surface area contributed by atoms with Gasteiger partial charge in [0.25, 0.3) is 0 Å². The van der Waals surface area contributed by atoms with Gasteiger partial charge in [-0.15, -0.1) is 0 Å². The zero-order valence-corrected chi connectivity index (χ0v) is 12.1. The molecular formula is C17H18N2O2. The van der Waals surface area contributed by atoms with Gasteiger partial charge in [0.15, 0.2) is 0 Å². The van der Waals surface area contributed by atoms with Crippen molar-refractivity contribution in [3.8, 4) is 0 Å². The average Bonchev–Trinajstić information content (AvgIpc) is 2.47. The van der Waals surface area contributed by atoms with Crippen molar-refractivity contribution in [1.29, 1.82) is 0 Å². The van der Waals surface area contributed by atoms with E-state index in [9.17, 15) is 9.59 Å². The molecule has 0 saturated heterocycles. The molecule has 2 N–H and O–H groups in total. The number of carbonyl (C=O) groups is 2. The Morgan fingerprint density at radius 1 is 0.905 bits per heavy atom. The van der Waals surface area contributed by atoms with Crippen LogP contribution in [0.25, 0.3) is 0 Å².